The highest BCUT2D eigenvalue weighted by atomic mass is 16.5. The van der Waals surface area contributed by atoms with Gasteiger partial charge < -0.3 is 9.30 Å². The lowest BCUT2D eigenvalue weighted by Gasteiger charge is -2.28. The first kappa shape index (κ1) is 14.6. The lowest BCUT2D eigenvalue weighted by Crippen LogP contribution is -2.30. The van der Waals surface area contributed by atoms with Crippen LogP contribution in [0.4, 0.5) is 0 Å². The quantitative estimate of drug-likeness (QED) is 0.664. The number of para-hydroxylation sites is 2. The number of aromatic nitrogens is 1. The van der Waals surface area contributed by atoms with Crippen molar-refractivity contribution >= 4 is 27.8 Å². The lowest BCUT2D eigenvalue weighted by molar-refractivity contribution is -0.145. The zero-order valence-electron chi connectivity index (χ0n) is 13.3. The largest absolute Gasteiger partial charge is 0.466 e. The summed E-state index contributed by atoms with van der Waals surface area (Å²) in [6.07, 6.45) is 0.351. The molecule has 0 radical (unpaired) electrons. The number of fused-ring (bicyclic) bond motifs is 3. The number of hydrogen-bond donors (Lipinski definition) is 0. The molecule has 1 aromatic heterocycles. The van der Waals surface area contributed by atoms with Gasteiger partial charge in [-0.3, -0.25) is 4.79 Å². The van der Waals surface area contributed by atoms with E-state index in [9.17, 15) is 4.79 Å². The average Bonchev–Trinajstić information content (AvgIpc) is 2.82. The first-order valence-corrected chi connectivity index (χ1v) is 7.69. The van der Waals surface area contributed by atoms with Crippen LogP contribution in [0.1, 0.15) is 27.2 Å². The van der Waals surface area contributed by atoms with E-state index in [1.807, 2.05) is 19.1 Å². The molecule has 0 unspecified atom stereocenters. The Bertz CT molecular complexity index is 776. The lowest BCUT2D eigenvalue weighted by atomic mass is 9.99. The fourth-order valence-electron chi connectivity index (χ4n) is 3.22. The van der Waals surface area contributed by atoms with Crippen molar-refractivity contribution in [2.75, 3.05) is 6.61 Å². The van der Waals surface area contributed by atoms with E-state index < -0.39 is 0 Å². The summed E-state index contributed by atoms with van der Waals surface area (Å²) in [6, 6.07) is 16.7. The summed E-state index contributed by atoms with van der Waals surface area (Å²) < 4.78 is 7.41. The first-order valence-electron chi connectivity index (χ1n) is 7.69. The summed E-state index contributed by atoms with van der Waals surface area (Å²) in [6.45, 7) is 6.43. The Kier molecular flexibility index (Phi) is 3.65. The molecule has 0 saturated carbocycles. The predicted molar refractivity (Wildman–Crippen MR) is 90.0 cm³/mol. The Morgan fingerprint density at radius 1 is 1.00 bits per heavy atom. The number of benzene rings is 2. The van der Waals surface area contributed by atoms with Crippen LogP contribution in [0.15, 0.2) is 48.5 Å². The molecule has 3 rings (SSSR count). The van der Waals surface area contributed by atoms with Crippen molar-refractivity contribution in [1.29, 1.82) is 0 Å². The molecule has 3 heteroatoms. The van der Waals surface area contributed by atoms with Gasteiger partial charge in [-0.05, 0) is 32.9 Å². The van der Waals surface area contributed by atoms with Crippen LogP contribution in [0.5, 0.6) is 0 Å². The summed E-state index contributed by atoms with van der Waals surface area (Å²) in [4.78, 5) is 12.0. The maximum absolute atomic E-state index is 12.0. The molecule has 0 spiro atoms. The summed E-state index contributed by atoms with van der Waals surface area (Å²) >= 11 is 0. The number of esters is 1. The number of nitrogens with zero attached hydrogens (tertiary/aromatic N) is 1. The molecule has 114 valence electrons. The first-order chi connectivity index (χ1) is 10.5. The van der Waals surface area contributed by atoms with Gasteiger partial charge in [0.1, 0.15) is 0 Å². The fraction of sp³-hybridized carbons (Fsp3) is 0.316. The third kappa shape index (κ3) is 2.37. The third-order valence-corrected chi connectivity index (χ3v) is 4.07. The Morgan fingerprint density at radius 3 is 2.00 bits per heavy atom. The minimum absolute atomic E-state index is 0.158. The molecule has 1 heterocycles. The van der Waals surface area contributed by atoms with E-state index in [4.69, 9.17) is 4.74 Å². The molecule has 0 atom stereocenters. The minimum Gasteiger partial charge on any atom is -0.466 e. The molecular weight excluding hydrogens is 274 g/mol. The van der Waals surface area contributed by atoms with E-state index in [0.717, 1.165) is 11.0 Å². The van der Waals surface area contributed by atoms with Gasteiger partial charge in [0.2, 0.25) is 0 Å². The Hall–Kier alpha value is -2.29. The Morgan fingerprint density at radius 2 is 1.50 bits per heavy atom. The van der Waals surface area contributed by atoms with Crippen molar-refractivity contribution in [2.45, 2.75) is 32.7 Å². The second-order valence-corrected chi connectivity index (χ2v) is 6.16. The van der Waals surface area contributed by atoms with Gasteiger partial charge in [-0.1, -0.05) is 36.4 Å². The average molecular weight is 295 g/mol. The summed E-state index contributed by atoms with van der Waals surface area (Å²) in [5, 5.41) is 2.44. The molecule has 0 aliphatic carbocycles. The molecule has 0 fully saturated rings. The van der Waals surface area contributed by atoms with Gasteiger partial charge in [0.05, 0.1) is 13.0 Å². The normalized spacial score (nSPS) is 12.0. The van der Waals surface area contributed by atoms with Crippen LogP contribution in [0, 0.1) is 0 Å². The van der Waals surface area contributed by atoms with Crippen molar-refractivity contribution in [2.24, 2.45) is 0 Å². The van der Waals surface area contributed by atoms with Gasteiger partial charge in [-0.15, -0.1) is 0 Å². The fourth-order valence-corrected chi connectivity index (χ4v) is 3.22. The maximum Gasteiger partial charge on any atom is 0.308 e. The van der Waals surface area contributed by atoms with Crippen molar-refractivity contribution < 1.29 is 9.53 Å². The molecule has 0 bridgehead atoms. The molecule has 0 amide bonds. The zero-order chi connectivity index (χ0) is 15.7. The van der Waals surface area contributed by atoms with Crippen LogP contribution in [0.3, 0.4) is 0 Å². The number of carbonyl (C=O) groups excluding carboxylic acids is 1. The zero-order valence-corrected chi connectivity index (χ0v) is 13.3. The number of carbonyl (C=O) groups is 1. The van der Waals surface area contributed by atoms with Gasteiger partial charge in [-0.2, -0.15) is 0 Å². The topological polar surface area (TPSA) is 31.2 Å². The van der Waals surface area contributed by atoms with E-state index >= 15 is 0 Å². The van der Waals surface area contributed by atoms with Gasteiger partial charge in [-0.25, -0.2) is 0 Å². The molecule has 0 N–H and O–H groups in total. The summed E-state index contributed by atoms with van der Waals surface area (Å²) in [5.41, 5.74) is 1.95. The highest BCUT2D eigenvalue weighted by Gasteiger charge is 2.28. The van der Waals surface area contributed by atoms with Crippen molar-refractivity contribution in [3.63, 3.8) is 0 Å². The standard InChI is InChI=1S/C19H21NO2/c1-4-22-18(21)13-19(2,3)20-16-11-7-5-9-14(16)15-10-6-8-12-17(15)20/h5-12H,4,13H2,1-3H3. The van der Waals surface area contributed by atoms with Gasteiger partial charge in [0.15, 0.2) is 0 Å². The van der Waals surface area contributed by atoms with Gasteiger partial charge >= 0.3 is 5.97 Å². The number of rotatable bonds is 4. The van der Waals surface area contributed by atoms with Crippen LogP contribution in [0.2, 0.25) is 0 Å². The Balaban J connectivity index is 2.21. The van der Waals surface area contributed by atoms with Gasteiger partial charge in [0.25, 0.3) is 0 Å². The van der Waals surface area contributed by atoms with Crippen molar-refractivity contribution in [3.8, 4) is 0 Å². The molecule has 0 aliphatic heterocycles. The van der Waals surface area contributed by atoms with E-state index in [2.05, 4.69) is 54.8 Å². The van der Waals surface area contributed by atoms with Crippen LogP contribution in [0.25, 0.3) is 21.8 Å². The van der Waals surface area contributed by atoms with E-state index in [0.29, 0.717) is 13.0 Å². The molecule has 2 aromatic carbocycles. The summed E-state index contributed by atoms with van der Waals surface area (Å²) in [7, 11) is 0. The van der Waals surface area contributed by atoms with E-state index in [1.165, 1.54) is 10.8 Å². The van der Waals surface area contributed by atoms with Crippen molar-refractivity contribution in [3.05, 3.63) is 48.5 Å². The number of ether oxygens (including phenoxy) is 1. The summed E-state index contributed by atoms with van der Waals surface area (Å²) in [5.74, 6) is -0.158. The molecule has 0 saturated heterocycles. The molecule has 0 aliphatic rings. The maximum atomic E-state index is 12.0. The Labute approximate surface area is 130 Å². The molecule has 3 aromatic rings. The van der Waals surface area contributed by atoms with Crippen LogP contribution < -0.4 is 0 Å². The third-order valence-electron chi connectivity index (χ3n) is 4.07. The molecular formula is C19H21NO2. The predicted octanol–water partition coefficient (Wildman–Crippen LogP) is 4.48. The molecule has 3 nitrogen and oxygen atoms in total. The van der Waals surface area contributed by atoms with Crippen LogP contribution in [-0.4, -0.2) is 17.1 Å². The molecule has 22 heavy (non-hydrogen) atoms. The van der Waals surface area contributed by atoms with E-state index in [1.54, 1.807) is 0 Å². The second-order valence-electron chi connectivity index (χ2n) is 6.16. The van der Waals surface area contributed by atoms with Crippen LogP contribution in [-0.2, 0) is 15.1 Å². The highest BCUT2D eigenvalue weighted by Crippen LogP contribution is 2.35. The minimum atomic E-state index is -0.352. The monoisotopic (exact) mass is 295 g/mol. The second kappa shape index (κ2) is 5.48. The highest BCUT2D eigenvalue weighted by molar-refractivity contribution is 6.08. The van der Waals surface area contributed by atoms with Gasteiger partial charge in [0, 0.05) is 27.3 Å². The van der Waals surface area contributed by atoms with Crippen molar-refractivity contribution in [1.82, 2.24) is 4.57 Å². The SMILES string of the molecule is CCOC(=O)CC(C)(C)n1c2ccccc2c2ccccc21. The smallest absolute Gasteiger partial charge is 0.308 e. The number of hydrogen-bond acceptors (Lipinski definition) is 2. The van der Waals surface area contributed by atoms with E-state index in [-0.39, 0.29) is 11.5 Å². The van der Waals surface area contributed by atoms with Crippen LogP contribution >= 0.6 is 0 Å².